The third-order valence-corrected chi connectivity index (χ3v) is 4.35. The first kappa shape index (κ1) is 16.3. The van der Waals surface area contributed by atoms with E-state index in [2.05, 4.69) is 5.16 Å². The fourth-order valence-corrected chi connectivity index (χ4v) is 3.04. The number of ether oxygens (including phenoxy) is 3. The van der Waals surface area contributed by atoms with Gasteiger partial charge >= 0.3 is 0 Å². The molecule has 6 heteroatoms. The van der Waals surface area contributed by atoms with Gasteiger partial charge in [0.15, 0.2) is 17.3 Å². The largest absolute Gasteiger partial charge is 0.507 e. The number of benzene rings is 2. The molecule has 2 heterocycles. The Bertz CT molecular complexity index is 947. The van der Waals surface area contributed by atoms with Crippen LogP contribution in [0.1, 0.15) is 12.1 Å². The molecule has 1 aromatic heterocycles. The lowest BCUT2D eigenvalue weighted by Crippen LogP contribution is -1.97. The highest BCUT2D eigenvalue weighted by molar-refractivity contribution is 5.84. The van der Waals surface area contributed by atoms with Crippen molar-refractivity contribution in [2.24, 2.45) is 0 Å². The van der Waals surface area contributed by atoms with Crippen molar-refractivity contribution in [3.05, 3.63) is 42.1 Å². The number of phenols is 1. The van der Waals surface area contributed by atoms with Gasteiger partial charge in [-0.25, -0.2) is 0 Å². The van der Waals surface area contributed by atoms with E-state index in [1.807, 2.05) is 25.1 Å². The number of hydrogen-bond donors (Lipinski definition) is 1. The summed E-state index contributed by atoms with van der Waals surface area (Å²) >= 11 is 0. The summed E-state index contributed by atoms with van der Waals surface area (Å²) in [6.45, 7) is 3.13. The van der Waals surface area contributed by atoms with Crippen molar-refractivity contribution in [3.8, 4) is 45.4 Å². The number of methoxy groups -OCH3 is 1. The van der Waals surface area contributed by atoms with Crippen molar-refractivity contribution in [3.63, 3.8) is 0 Å². The predicted octanol–water partition coefficient (Wildman–Crippen LogP) is 4.19. The van der Waals surface area contributed by atoms with Crippen LogP contribution in [0.25, 0.3) is 22.5 Å². The lowest BCUT2D eigenvalue weighted by Gasteiger charge is -2.10. The van der Waals surface area contributed by atoms with Gasteiger partial charge in [0, 0.05) is 12.5 Å². The topological polar surface area (TPSA) is 74.0 Å². The van der Waals surface area contributed by atoms with Crippen molar-refractivity contribution < 1.29 is 23.8 Å². The second kappa shape index (κ2) is 6.63. The molecule has 0 aliphatic carbocycles. The third kappa shape index (κ3) is 2.83. The Balaban J connectivity index is 1.82. The summed E-state index contributed by atoms with van der Waals surface area (Å²) in [6.07, 6.45) is 0.848. The van der Waals surface area contributed by atoms with Crippen molar-refractivity contribution >= 4 is 0 Å². The van der Waals surface area contributed by atoms with E-state index in [0.717, 1.165) is 29.0 Å². The van der Waals surface area contributed by atoms with Crippen LogP contribution in [0.3, 0.4) is 0 Å². The van der Waals surface area contributed by atoms with E-state index in [9.17, 15) is 5.11 Å². The van der Waals surface area contributed by atoms with Crippen LogP contribution in [0.5, 0.6) is 23.0 Å². The van der Waals surface area contributed by atoms with Crippen LogP contribution >= 0.6 is 0 Å². The van der Waals surface area contributed by atoms with Crippen LogP contribution in [-0.2, 0) is 0 Å². The summed E-state index contributed by atoms with van der Waals surface area (Å²) in [5, 5.41) is 14.5. The highest BCUT2D eigenvalue weighted by atomic mass is 16.5. The van der Waals surface area contributed by atoms with Gasteiger partial charge in [-0.15, -0.1) is 0 Å². The van der Waals surface area contributed by atoms with Gasteiger partial charge in [-0.05, 0) is 36.8 Å². The molecule has 3 aromatic rings. The lowest BCUT2D eigenvalue weighted by atomic mass is 9.99. The molecule has 0 bridgehead atoms. The first-order valence-corrected chi connectivity index (χ1v) is 8.41. The first-order valence-electron chi connectivity index (χ1n) is 8.41. The summed E-state index contributed by atoms with van der Waals surface area (Å²) in [7, 11) is 1.55. The molecule has 0 unspecified atom stereocenters. The van der Waals surface area contributed by atoms with Crippen molar-refractivity contribution in [1.29, 1.82) is 0 Å². The van der Waals surface area contributed by atoms with Gasteiger partial charge in [-0.1, -0.05) is 11.2 Å². The lowest BCUT2D eigenvalue weighted by molar-refractivity contribution is 0.297. The van der Waals surface area contributed by atoms with Crippen molar-refractivity contribution in [2.75, 3.05) is 20.3 Å². The molecule has 134 valence electrons. The SMILES string of the molecule is COc1ccc(-c2onc(C)c2-c2ccc3c(c2)OCCCO3)c(O)c1. The Morgan fingerprint density at radius 1 is 1.04 bits per heavy atom. The summed E-state index contributed by atoms with van der Waals surface area (Å²) in [4.78, 5) is 0. The Morgan fingerprint density at radius 3 is 2.62 bits per heavy atom. The number of fused-ring (bicyclic) bond motifs is 1. The summed E-state index contributed by atoms with van der Waals surface area (Å²) in [5.41, 5.74) is 2.97. The van der Waals surface area contributed by atoms with Gasteiger partial charge in [-0.2, -0.15) is 0 Å². The zero-order valence-electron chi connectivity index (χ0n) is 14.6. The Morgan fingerprint density at radius 2 is 1.85 bits per heavy atom. The molecule has 1 N–H and O–H groups in total. The standard InChI is InChI=1S/C20H19NO5/c1-12-19(13-4-7-17-18(10-13)25-9-3-8-24-17)20(26-21-12)15-6-5-14(23-2)11-16(15)22/h4-7,10-11,22H,3,8-9H2,1-2H3. The minimum Gasteiger partial charge on any atom is -0.507 e. The first-order chi connectivity index (χ1) is 12.7. The average molecular weight is 353 g/mol. The number of rotatable bonds is 3. The predicted molar refractivity (Wildman–Crippen MR) is 95.9 cm³/mol. The Labute approximate surface area is 150 Å². The molecule has 2 aromatic carbocycles. The molecular formula is C20H19NO5. The van der Waals surface area contributed by atoms with Gasteiger partial charge in [0.25, 0.3) is 0 Å². The maximum absolute atomic E-state index is 10.4. The van der Waals surface area contributed by atoms with Crippen LogP contribution in [-0.4, -0.2) is 30.6 Å². The Kier molecular flexibility index (Phi) is 4.16. The van der Waals surface area contributed by atoms with Gasteiger partial charge in [0.1, 0.15) is 11.5 Å². The highest BCUT2D eigenvalue weighted by Gasteiger charge is 2.21. The Hall–Kier alpha value is -3.15. The van der Waals surface area contributed by atoms with Gasteiger partial charge in [0.05, 0.1) is 37.1 Å². The van der Waals surface area contributed by atoms with Crippen LogP contribution in [0.4, 0.5) is 0 Å². The quantitative estimate of drug-likeness (QED) is 0.761. The van der Waals surface area contributed by atoms with E-state index in [4.69, 9.17) is 18.7 Å². The van der Waals surface area contributed by atoms with Crippen LogP contribution in [0.2, 0.25) is 0 Å². The monoisotopic (exact) mass is 353 g/mol. The number of aromatic nitrogens is 1. The molecule has 0 fully saturated rings. The molecule has 0 atom stereocenters. The zero-order chi connectivity index (χ0) is 18.1. The normalized spacial score (nSPS) is 13.3. The molecule has 4 rings (SSSR count). The second-order valence-electron chi connectivity index (χ2n) is 6.07. The molecule has 26 heavy (non-hydrogen) atoms. The summed E-state index contributed by atoms with van der Waals surface area (Å²) in [5.74, 6) is 2.56. The highest BCUT2D eigenvalue weighted by Crippen LogP contribution is 2.42. The fourth-order valence-electron chi connectivity index (χ4n) is 3.04. The fraction of sp³-hybridized carbons (Fsp3) is 0.250. The van der Waals surface area contributed by atoms with E-state index < -0.39 is 0 Å². The molecule has 0 saturated carbocycles. The van der Waals surface area contributed by atoms with Crippen LogP contribution in [0, 0.1) is 6.92 Å². The minimum absolute atomic E-state index is 0.0658. The number of phenolic OH excluding ortho intramolecular Hbond substituents is 1. The van der Waals surface area contributed by atoms with E-state index >= 15 is 0 Å². The summed E-state index contributed by atoms with van der Waals surface area (Å²) in [6, 6.07) is 10.8. The average Bonchev–Trinajstić information content (AvgIpc) is 2.88. The molecule has 6 nitrogen and oxygen atoms in total. The van der Waals surface area contributed by atoms with Gasteiger partial charge in [-0.3, -0.25) is 0 Å². The molecule has 0 amide bonds. The van der Waals surface area contributed by atoms with E-state index in [1.165, 1.54) is 0 Å². The maximum Gasteiger partial charge on any atom is 0.178 e. The van der Waals surface area contributed by atoms with Crippen molar-refractivity contribution in [1.82, 2.24) is 5.16 Å². The van der Waals surface area contributed by atoms with Gasteiger partial charge in [0.2, 0.25) is 0 Å². The van der Waals surface area contributed by atoms with E-state index in [1.54, 1.807) is 25.3 Å². The van der Waals surface area contributed by atoms with Crippen LogP contribution < -0.4 is 14.2 Å². The number of aromatic hydroxyl groups is 1. The smallest absolute Gasteiger partial charge is 0.178 e. The molecule has 0 radical (unpaired) electrons. The number of nitrogens with zero attached hydrogens (tertiary/aromatic N) is 1. The number of aryl methyl sites for hydroxylation is 1. The minimum atomic E-state index is 0.0658. The molecule has 1 aliphatic heterocycles. The second-order valence-corrected chi connectivity index (χ2v) is 6.07. The molecule has 0 spiro atoms. The van der Waals surface area contributed by atoms with Crippen molar-refractivity contribution in [2.45, 2.75) is 13.3 Å². The van der Waals surface area contributed by atoms with Crippen LogP contribution in [0.15, 0.2) is 40.9 Å². The number of hydrogen-bond acceptors (Lipinski definition) is 6. The molecule has 1 aliphatic rings. The maximum atomic E-state index is 10.4. The zero-order valence-corrected chi connectivity index (χ0v) is 14.6. The molecule has 0 saturated heterocycles. The molecular weight excluding hydrogens is 334 g/mol. The van der Waals surface area contributed by atoms with E-state index in [0.29, 0.717) is 36.0 Å². The van der Waals surface area contributed by atoms with Gasteiger partial charge < -0.3 is 23.8 Å². The summed E-state index contributed by atoms with van der Waals surface area (Å²) < 4.78 is 22.2. The van der Waals surface area contributed by atoms with E-state index in [-0.39, 0.29) is 5.75 Å². The third-order valence-electron chi connectivity index (χ3n) is 4.35.